The molecule has 2 heterocycles. The van der Waals surface area contributed by atoms with Gasteiger partial charge in [0, 0.05) is 28.9 Å². The minimum atomic E-state index is -0.123. The topological polar surface area (TPSA) is 58.6 Å². The van der Waals surface area contributed by atoms with Crippen LogP contribution in [-0.4, -0.2) is 36.9 Å². The number of hydrogen-bond donors (Lipinski definition) is 1. The third kappa shape index (κ3) is 4.92. The van der Waals surface area contributed by atoms with Gasteiger partial charge in [0.1, 0.15) is 5.75 Å². The van der Waals surface area contributed by atoms with E-state index < -0.39 is 0 Å². The number of anilines is 1. The smallest absolute Gasteiger partial charge is 0.263 e. The number of carbonyl (C=O) groups is 2. The molecule has 1 fully saturated rings. The molecule has 1 aromatic heterocycles. The van der Waals surface area contributed by atoms with E-state index in [0.717, 1.165) is 10.4 Å². The highest BCUT2D eigenvalue weighted by Gasteiger charge is 2.28. The summed E-state index contributed by atoms with van der Waals surface area (Å²) in [7, 11) is 1.58. The largest absolute Gasteiger partial charge is 0.495 e. The second-order valence-electron chi connectivity index (χ2n) is 7.43. The van der Waals surface area contributed by atoms with Crippen LogP contribution in [-0.2, 0) is 4.79 Å². The number of halogens is 1. The number of nitrogens with zero attached hydrogens (tertiary/aromatic N) is 1. The Bertz CT molecular complexity index is 1070. The number of methoxy groups -OCH3 is 1. The number of nitrogens with one attached hydrogen (secondary N) is 1. The van der Waals surface area contributed by atoms with Gasteiger partial charge in [0.15, 0.2) is 0 Å². The fraction of sp³-hybridized carbons (Fsp3) is 0.250. The van der Waals surface area contributed by atoms with Crippen LogP contribution in [0.15, 0.2) is 60.7 Å². The maximum atomic E-state index is 12.9. The lowest BCUT2D eigenvalue weighted by atomic mass is 9.95. The highest BCUT2D eigenvalue weighted by Crippen LogP contribution is 2.31. The van der Waals surface area contributed by atoms with Gasteiger partial charge in [-0.3, -0.25) is 9.59 Å². The van der Waals surface area contributed by atoms with Crippen molar-refractivity contribution in [1.29, 1.82) is 0 Å². The standard InChI is InChI=1S/C24H23ClN2O3S/c1-30-20-5-3-2-4-19(20)26-23(28)17-12-14-27(15-13-17)24(29)22-11-10-21(31-22)16-6-8-18(25)9-7-16/h2-11,17H,12-15H2,1H3,(H,26,28). The van der Waals surface area contributed by atoms with Crippen LogP contribution in [0.25, 0.3) is 10.4 Å². The minimum absolute atomic E-state index is 0.0220. The maximum Gasteiger partial charge on any atom is 0.263 e. The number of hydrogen-bond acceptors (Lipinski definition) is 4. The Labute approximate surface area is 190 Å². The summed E-state index contributed by atoms with van der Waals surface area (Å²) >= 11 is 7.44. The monoisotopic (exact) mass is 454 g/mol. The van der Waals surface area contributed by atoms with Gasteiger partial charge < -0.3 is 15.0 Å². The molecule has 0 saturated carbocycles. The first-order chi connectivity index (χ1) is 15.0. The summed E-state index contributed by atoms with van der Waals surface area (Å²) < 4.78 is 5.30. The Morgan fingerprint density at radius 1 is 1.03 bits per heavy atom. The first-order valence-corrected chi connectivity index (χ1v) is 11.3. The Kier molecular flexibility index (Phi) is 6.59. The zero-order chi connectivity index (χ0) is 21.8. The van der Waals surface area contributed by atoms with Crippen molar-refractivity contribution in [2.45, 2.75) is 12.8 Å². The van der Waals surface area contributed by atoms with Crippen molar-refractivity contribution in [3.05, 3.63) is 70.6 Å². The number of piperidine rings is 1. The normalized spacial score (nSPS) is 14.3. The van der Waals surface area contributed by atoms with Crippen molar-refractivity contribution in [3.63, 3.8) is 0 Å². The van der Waals surface area contributed by atoms with E-state index in [4.69, 9.17) is 16.3 Å². The van der Waals surface area contributed by atoms with Crippen LogP contribution >= 0.6 is 22.9 Å². The average Bonchev–Trinajstić information content (AvgIpc) is 3.30. The number of amides is 2. The lowest BCUT2D eigenvalue weighted by molar-refractivity contribution is -0.121. The third-order valence-corrected chi connectivity index (χ3v) is 6.84. The van der Waals surface area contributed by atoms with E-state index in [1.807, 2.05) is 65.6 Å². The molecule has 0 atom stereocenters. The molecule has 1 saturated heterocycles. The zero-order valence-corrected chi connectivity index (χ0v) is 18.7. The molecule has 0 aliphatic carbocycles. The van der Waals surface area contributed by atoms with Crippen LogP contribution in [0, 0.1) is 5.92 Å². The summed E-state index contributed by atoms with van der Waals surface area (Å²) in [5.41, 5.74) is 1.71. The van der Waals surface area contributed by atoms with Gasteiger partial charge in [0.05, 0.1) is 17.7 Å². The summed E-state index contributed by atoms with van der Waals surface area (Å²) in [5, 5.41) is 3.65. The molecular weight excluding hydrogens is 432 g/mol. The lowest BCUT2D eigenvalue weighted by Crippen LogP contribution is -2.41. The van der Waals surface area contributed by atoms with E-state index in [-0.39, 0.29) is 17.7 Å². The summed E-state index contributed by atoms with van der Waals surface area (Å²) in [5.74, 6) is 0.506. The molecule has 0 spiro atoms. The number of rotatable bonds is 5. The number of likely N-dealkylation sites (tertiary alicyclic amines) is 1. The van der Waals surface area contributed by atoms with E-state index in [9.17, 15) is 9.59 Å². The summed E-state index contributed by atoms with van der Waals surface area (Å²) in [6.45, 7) is 1.13. The third-order valence-electron chi connectivity index (χ3n) is 5.46. The number of thiophene rings is 1. The van der Waals surface area contributed by atoms with Crippen LogP contribution in [0.4, 0.5) is 5.69 Å². The molecule has 1 aliphatic rings. The summed E-state index contributed by atoms with van der Waals surface area (Å²) in [6.07, 6.45) is 1.28. The molecule has 0 unspecified atom stereocenters. The van der Waals surface area contributed by atoms with Crippen molar-refractivity contribution >= 4 is 40.4 Å². The van der Waals surface area contributed by atoms with Crippen LogP contribution < -0.4 is 10.1 Å². The summed E-state index contributed by atoms with van der Waals surface area (Å²) in [4.78, 5) is 29.2. The van der Waals surface area contributed by atoms with E-state index >= 15 is 0 Å². The first kappa shape index (κ1) is 21.4. The number of ether oxygens (including phenoxy) is 1. The molecule has 2 amide bonds. The number of para-hydroxylation sites is 2. The van der Waals surface area contributed by atoms with Gasteiger partial charge in [-0.1, -0.05) is 35.9 Å². The molecule has 5 nitrogen and oxygen atoms in total. The Hall–Kier alpha value is -2.83. The predicted octanol–water partition coefficient (Wildman–Crippen LogP) is 5.57. The molecule has 7 heteroatoms. The molecule has 0 bridgehead atoms. The van der Waals surface area contributed by atoms with Gasteiger partial charge in [-0.25, -0.2) is 0 Å². The Balaban J connectivity index is 1.35. The van der Waals surface area contributed by atoms with Crippen LogP contribution in [0.1, 0.15) is 22.5 Å². The van der Waals surface area contributed by atoms with Gasteiger partial charge in [0.25, 0.3) is 5.91 Å². The molecular formula is C24H23ClN2O3S. The Morgan fingerprint density at radius 2 is 1.74 bits per heavy atom. The van der Waals surface area contributed by atoms with Crippen LogP contribution in [0.2, 0.25) is 5.02 Å². The lowest BCUT2D eigenvalue weighted by Gasteiger charge is -2.31. The van der Waals surface area contributed by atoms with Crippen LogP contribution in [0.5, 0.6) is 5.75 Å². The minimum Gasteiger partial charge on any atom is -0.495 e. The van der Waals surface area contributed by atoms with E-state index in [1.54, 1.807) is 7.11 Å². The molecule has 1 N–H and O–H groups in total. The van der Waals surface area contributed by atoms with Crippen molar-refractivity contribution in [2.24, 2.45) is 5.92 Å². The highest BCUT2D eigenvalue weighted by molar-refractivity contribution is 7.17. The fourth-order valence-corrected chi connectivity index (χ4v) is 4.81. The predicted molar refractivity (Wildman–Crippen MR) is 125 cm³/mol. The molecule has 4 rings (SSSR count). The van der Waals surface area contributed by atoms with Crippen molar-refractivity contribution in [1.82, 2.24) is 4.90 Å². The van der Waals surface area contributed by atoms with Crippen molar-refractivity contribution in [2.75, 3.05) is 25.5 Å². The molecule has 0 radical (unpaired) electrons. The van der Waals surface area contributed by atoms with Crippen molar-refractivity contribution < 1.29 is 14.3 Å². The molecule has 1 aliphatic heterocycles. The maximum absolute atomic E-state index is 12.9. The zero-order valence-electron chi connectivity index (χ0n) is 17.1. The highest BCUT2D eigenvalue weighted by atomic mass is 35.5. The average molecular weight is 455 g/mol. The number of carbonyl (C=O) groups excluding carboxylic acids is 2. The van der Waals surface area contributed by atoms with Gasteiger partial charge in [-0.05, 0) is 54.8 Å². The van der Waals surface area contributed by atoms with Gasteiger partial charge in [0.2, 0.25) is 5.91 Å². The number of benzene rings is 2. The Morgan fingerprint density at radius 3 is 2.45 bits per heavy atom. The van der Waals surface area contributed by atoms with E-state index in [1.165, 1.54) is 11.3 Å². The second-order valence-corrected chi connectivity index (χ2v) is 8.95. The fourth-order valence-electron chi connectivity index (χ4n) is 3.71. The second kappa shape index (κ2) is 9.54. The molecule has 2 aromatic carbocycles. The quantitative estimate of drug-likeness (QED) is 0.548. The van der Waals surface area contributed by atoms with Crippen molar-refractivity contribution in [3.8, 4) is 16.2 Å². The molecule has 160 valence electrons. The molecule has 3 aromatic rings. The van der Waals surface area contributed by atoms with Gasteiger partial charge in [-0.2, -0.15) is 0 Å². The molecule has 31 heavy (non-hydrogen) atoms. The first-order valence-electron chi connectivity index (χ1n) is 10.1. The van der Waals surface area contributed by atoms with Gasteiger partial charge >= 0.3 is 0 Å². The summed E-state index contributed by atoms with van der Waals surface area (Å²) in [6, 6.07) is 18.8. The SMILES string of the molecule is COc1ccccc1NC(=O)C1CCN(C(=O)c2ccc(-c3ccc(Cl)cc3)s2)CC1. The van der Waals surface area contributed by atoms with Crippen LogP contribution in [0.3, 0.4) is 0 Å². The van der Waals surface area contributed by atoms with E-state index in [0.29, 0.717) is 47.3 Å². The van der Waals surface area contributed by atoms with Gasteiger partial charge in [-0.15, -0.1) is 11.3 Å². The van der Waals surface area contributed by atoms with E-state index in [2.05, 4.69) is 5.32 Å².